The molecule has 0 saturated heterocycles. The number of hydrogen-bond acceptors (Lipinski definition) is 4. The molecule has 0 bridgehead atoms. The van der Waals surface area contributed by atoms with Gasteiger partial charge in [-0.25, -0.2) is 0 Å². The molecule has 0 amide bonds. The third kappa shape index (κ3) is 9.60. The van der Waals surface area contributed by atoms with E-state index >= 15 is 0 Å². The Morgan fingerprint density at radius 2 is 1.70 bits per heavy atom. The predicted molar refractivity (Wildman–Crippen MR) is 81.6 cm³/mol. The average Bonchev–Trinajstić information content (AvgIpc) is 2.39. The zero-order valence-corrected chi connectivity index (χ0v) is 13.0. The molecule has 6 nitrogen and oxygen atoms in total. The van der Waals surface area contributed by atoms with Gasteiger partial charge in [0.05, 0.1) is 12.8 Å². The van der Waals surface area contributed by atoms with Gasteiger partial charge in [0.2, 0.25) is 0 Å². The SMILES string of the molecule is CCCNCCC.COc1ccccc1NS(=O)(=O)O. The first-order valence-electron chi connectivity index (χ1n) is 6.53. The maximum atomic E-state index is 10.5. The molecule has 7 heteroatoms. The van der Waals surface area contributed by atoms with Gasteiger partial charge in [0.25, 0.3) is 0 Å². The van der Waals surface area contributed by atoms with E-state index in [4.69, 9.17) is 9.29 Å². The fourth-order valence-electron chi connectivity index (χ4n) is 1.35. The van der Waals surface area contributed by atoms with Crippen molar-refractivity contribution >= 4 is 16.0 Å². The van der Waals surface area contributed by atoms with Crippen LogP contribution in [0, 0.1) is 0 Å². The number of para-hydroxylation sites is 2. The maximum absolute atomic E-state index is 10.5. The first kappa shape index (κ1) is 18.7. The molecule has 1 rings (SSSR count). The Morgan fingerprint density at radius 3 is 2.15 bits per heavy atom. The van der Waals surface area contributed by atoms with E-state index in [1.807, 2.05) is 4.72 Å². The summed E-state index contributed by atoms with van der Waals surface area (Å²) in [6.07, 6.45) is 2.50. The first-order chi connectivity index (χ1) is 9.44. The third-order valence-electron chi connectivity index (χ3n) is 2.20. The van der Waals surface area contributed by atoms with Gasteiger partial charge in [0.1, 0.15) is 5.75 Å². The second-order valence-corrected chi connectivity index (χ2v) is 5.18. The maximum Gasteiger partial charge on any atom is 0.357 e. The molecule has 0 heterocycles. The highest BCUT2D eigenvalue weighted by Gasteiger charge is 2.07. The number of rotatable bonds is 7. The molecule has 1 aromatic carbocycles. The van der Waals surface area contributed by atoms with E-state index in [0.29, 0.717) is 5.75 Å². The minimum Gasteiger partial charge on any atom is -0.495 e. The molecule has 116 valence electrons. The van der Waals surface area contributed by atoms with Crippen LogP contribution in [-0.2, 0) is 10.3 Å². The molecule has 1 aromatic rings. The van der Waals surface area contributed by atoms with Crippen LogP contribution in [0.1, 0.15) is 26.7 Å². The predicted octanol–water partition coefficient (Wildman–Crippen LogP) is 2.31. The van der Waals surface area contributed by atoms with Gasteiger partial charge in [-0.2, -0.15) is 8.42 Å². The lowest BCUT2D eigenvalue weighted by Gasteiger charge is -2.07. The Bertz CT molecular complexity index is 459. The van der Waals surface area contributed by atoms with E-state index in [9.17, 15) is 8.42 Å². The van der Waals surface area contributed by atoms with E-state index in [1.165, 1.54) is 39.1 Å². The van der Waals surface area contributed by atoms with Crippen LogP contribution >= 0.6 is 0 Å². The summed E-state index contributed by atoms with van der Waals surface area (Å²) in [7, 11) is -2.83. The van der Waals surface area contributed by atoms with Crippen LogP contribution in [0.25, 0.3) is 0 Å². The number of benzene rings is 1. The largest absolute Gasteiger partial charge is 0.495 e. The van der Waals surface area contributed by atoms with E-state index < -0.39 is 10.3 Å². The molecule has 0 atom stereocenters. The molecule has 20 heavy (non-hydrogen) atoms. The van der Waals surface area contributed by atoms with Crippen LogP contribution in [0.4, 0.5) is 5.69 Å². The Labute approximate surface area is 121 Å². The van der Waals surface area contributed by atoms with Crippen LogP contribution in [0.5, 0.6) is 5.75 Å². The lowest BCUT2D eigenvalue weighted by Crippen LogP contribution is -2.14. The molecule has 0 radical (unpaired) electrons. The van der Waals surface area contributed by atoms with E-state index in [0.717, 1.165) is 0 Å². The van der Waals surface area contributed by atoms with Crippen molar-refractivity contribution in [2.24, 2.45) is 0 Å². The van der Waals surface area contributed by atoms with Gasteiger partial charge in [0.15, 0.2) is 0 Å². The van der Waals surface area contributed by atoms with Gasteiger partial charge >= 0.3 is 10.3 Å². The summed E-state index contributed by atoms with van der Waals surface area (Å²) in [5.41, 5.74) is 0.201. The van der Waals surface area contributed by atoms with Crippen molar-refractivity contribution in [2.75, 3.05) is 24.9 Å². The van der Waals surface area contributed by atoms with Crippen LogP contribution in [0.2, 0.25) is 0 Å². The Balaban J connectivity index is 0.000000441. The summed E-state index contributed by atoms with van der Waals surface area (Å²) in [6, 6.07) is 6.37. The van der Waals surface area contributed by atoms with Crippen LogP contribution in [-0.4, -0.2) is 33.2 Å². The standard InChI is InChI=1S/C7H9NO4S.C6H15N/c1-12-7-5-3-2-4-6(7)8-13(9,10)11;1-3-5-7-6-4-2/h2-5,8H,1H3,(H,9,10,11);7H,3-6H2,1-2H3. The normalized spacial score (nSPS) is 10.4. The van der Waals surface area contributed by atoms with E-state index in [2.05, 4.69) is 19.2 Å². The van der Waals surface area contributed by atoms with Crippen molar-refractivity contribution in [1.29, 1.82) is 0 Å². The lowest BCUT2D eigenvalue weighted by atomic mass is 10.3. The topological polar surface area (TPSA) is 87.7 Å². The highest BCUT2D eigenvalue weighted by atomic mass is 32.2. The fourth-order valence-corrected chi connectivity index (χ4v) is 1.79. The van der Waals surface area contributed by atoms with Gasteiger partial charge < -0.3 is 10.1 Å². The molecular weight excluding hydrogens is 280 g/mol. The number of anilines is 1. The Morgan fingerprint density at radius 1 is 1.15 bits per heavy atom. The molecule has 0 aliphatic carbocycles. The van der Waals surface area contributed by atoms with Crippen molar-refractivity contribution < 1.29 is 17.7 Å². The fraction of sp³-hybridized carbons (Fsp3) is 0.538. The molecule has 0 spiro atoms. The molecular formula is C13H24N2O4S. The Kier molecular flexibility index (Phi) is 9.79. The van der Waals surface area contributed by atoms with Crippen molar-refractivity contribution in [1.82, 2.24) is 5.32 Å². The van der Waals surface area contributed by atoms with Crippen LogP contribution < -0.4 is 14.8 Å². The van der Waals surface area contributed by atoms with Crippen molar-refractivity contribution in [3.05, 3.63) is 24.3 Å². The monoisotopic (exact) mass is 304 g/mol. The summed E-state index contributed by atoms with van der Waals surface area (Å²) in [5, 5.41) is 3.28. The van der Waals surface area contributed by atoms with E-state index in [-0.39, 0.29) is 5.69 Å². The zero-order chi connectivity index (χ0) is 15.4. The van der Waals surface area contributed by atoms with Crippen LogP contribution in [0.3, 0.4) is 0 Å². The molecule has 0 fully saturated rings. The average molecular weight is 304 g/mol. The van der Waals surface area contributed by atoms with Gasteiger partial charge in [-0.15, -0.1) is 0 Å². The second-order valence-electron chi connectivity index (χ2n) is 4.03. The van der Waals surface area contributed by atoms with Crippen molar-refractivity contribution in [3.8, 4) is 5.75 Å². The highest BCUT2D eigenvalue weighted by Crippen LogP contribution is 2.23. The number of hydrogen-bond donors (Lipinski definition) is 3. The number of ether oxygens (including phenoxy) is 1. The summed E-state index contributed by atoms with van der Waals surface area (Å²) in [6.45, 7) is 6.72. The summed E-state index contributed by atoms with van der Waals surface area (Å²) in [4.78, 5) is 0. The third-order valence-corrected chi connectivity index (χ3v) is 2.68. The van der Waals surface area contributed by atoms with Gasteiger partial charge in [-0.1, -0.05) is 26.0 Å². The number of methoxy groups -OCH3 is 1. The minimum absolute atomic E-state index is 0.201. The highest BCUT2D eigenvalue weighted by molar-refractivity contribution is 7.87. The smallest absolute Gasteiger partial charge is 0.357 e. The zero-order valence-electron chi connectivity index (χ0n) is 12.2. The molecule has 0 saturated carbocycles. The number of nitrogens with one attached hydrogen (secondary N) is 2. The van der Waals surface area contributed by atoms with Crippen molar-refractivity contribution in [3.63, 3.8) is 0 Å². The lowest BCUT2D eigenvalue weighted by molar-refractivity contribution is 0.416. The summed E-state index contributed by atoms with van der Waals surface area (Å²) in [5.74, 6) is 0.347. The summed E-state index contributed by atoms with van der Waals surface area (Å²) >= 11 is 0. The minimum atomic E-state index is -4.24. The van der Waals surface area contributed by atoms with Crippen molar-refractivity contribution in [2.45, 2.75) is 26.7 Å². The molecule has 0 unspecified atom stereocenters. The quantitative estimate of drug-likeness (QED) is 0.531. The van der Waals surface area contributed by atoms with Gasteiger partial charge in [0, 0.05) is 0 Å². The summed E-state index contributed by atoms with van der Waals surface area (Å²) < 4.78 is 36.2. The molecule has 3 N–H and O–H groups in total. The molecule has 0 aromatic heterocycles. The first-order valence-corrected chi connectivity index (χ1v) is 7.97. The van der Waals surface area contributed by atoms with Gasteiger partial charge in [-0.3, -0.25) is 9.27 Å². The van der Waals surface area contributed by atoms with Crippen LogP contribution in [0.15, 0.2) is 24.3 Å². The van der Waals surface area contributed by atoms with Gasteiger partial charge in [-0.05, 0) is 38.1 Å². The van der Waals surface area contributed by atoms with E-state index in [1.54, 1.807) is 18.2 Å². The molecule has 0 aliphatic heterocycles. The second kappa shape index (κ2) is 10.5. The molecule has 0 aliphatic rings. The Hall–Kier alpha value is -1.31.